The molecule has 248 valence electrons. The first kappa shape index (κ1) is 19.6. The van der Waals surface area contributed by atoms with Gasteiger partial charge in [0.05, 0.1) is 24.9 Å². The topological polar surface area (TPSA) is 3.24 Å². The molecule has 10 aromatic rings. The highest BCUT2D eigenvalue weighted by Gasteiger charge is 2.18. The fraction of sp³-hybridized carbons (Fsp3) is 0. The standard InChI is InChI=1S/C52H35N/c1-2-13-38(14-3-1)51-34-42(33-40-16-5-9-21-48(40)51)36-25-29-43(30-26-36)53(52-35-41-17-6-8-20-47(41)49-22-10-11-23-50(49)52)44-31-27-39(28-32-44)46-24-12-18-37-15-4-7-19-45(37)46/h1-35H/i1D,2D,3D,5D,9D,13D,14D,16D,25D,26D,29D,30D,33D,34D. The second-order valence-electron chi connectivity index (χ2n) is 12.6. The van der Waals surface area contributed by atoms with Gasteiger partial charge < -0.3 is 4.90 Å². The molecule has 0 unspecified atom stereocenters. The van der Waals surface area contributed by atoms with Crippen LogP contribution in [0.2, 0.25) is 0 Å². The van der Waals surface area contributed by atoms with E-state index >= 15 is 0 Å². The van der Waals surface area contributed by atoms with Crippen molar-refractivity contribution in [1.82, 2.24) is 0 Å². The first-order valence-corrected chi connectivity index (χ1v) is 17.1. The summed E-state index contributed by atoms with van der Waals surface area (Å²) in [6.45, 7) is 0. The SMILES string of the molecule is [2H]c1cc2c(-c3c([2H])c([2H])c([2H])c([2H])c3[2H])c([2H])c(-c3c([2H])c([2H])c(N(c4ccc(-c5cccc6ccccc56)cc4)c4cc5ccccc5c5ccccc45)c([2H])c3[2H])c([2H])c2c([2H])c1[2H]. The summed E-state index contributed by atoms with van der Waals surface area (Å²) in [7, 11) is 0. The number of anilines is 3. The lowest BCUT2D eigenvalue weighted by Crippen LogP contribution is -2.10. The molecule has 10 rings (SSSR count). The summed E-state index contributed by atoms with van der Waals surface area (Å²) in [5.74, 6) is 0. The minimum absolute atomic E-state index is 0.143. The smallest absolute Gasteiger partial charge is 0.0645 e. The van der Waals surface area contributed by atoms with Crippen molar-refractivity contribution in [2.24, 2.45) is 0 Å². The molecule has 0 atom stereocenters. The summed E-state index contributed by atoms with van der Waals surface area (Å²) in [4.78, 5) is 1.68. The summed E-state index contributed by atoms with van der Waals surface area (Å²) in [6, 6.07) is 31.3. The Morgan fingerprint density at radius 3 is 1.81 bits per heavy atom. The molecule has 0 aliphatic rings. The highest BCUT2D eigenvalue weighted by atomic mass is 15.1. The van der Waals surface area contributed by atoms with Crippen LogP contribution in [-0.2, 0) is 0 Å². The number of hydrogen-bond donors (Lipinski definition) is 0. The van der Waals surface area contributed by atoms with E-state index in [9.17, 15) is 8.22 Å². The zero-order chi connectivity index (χ0) is 47.3. The van der Waals surface area contributed by atoms with Gasteiger partial charge in [-0.3, -0.25) is 0 Å². The Bertz CT molecular complexity index is 3690. The van der Waals surface area contributed by atoms with Crippen LogP contribution in [0.1, 0.15) is 19.2 Å². The van der Waals surface area contributed by atoms with E-state index in [-0.39, 0.29) is 22.0 Å². The van der Waals surface area contributed by atoms with Gasteiger partial charge in [-0.05, 0) is 113 Å². The molecule has 53 heavy (non-hydrogen) atoms. The molecular weight excluding hydrogens is 639 g/mol. The van der Waals surface area contributed by atoms with Crippen LogP contribution >= 0.6 is 0 Å². The number of nitrogens with zero attached hydrogens (tertiary/aromatic N) is 1. The second kappa shape index (κ2) is 13.0. The minimum Gasteiger partial charge on any atom is -0.310 e. The monoisotopic (exact) mass is 687 g/mol. The number of hydrogen-bond acceptors (Lipinski definition) is 1. The van der Waals surface area contributed by atoms with Gasteiger partial charge in [0.2, 0.25) is 0 Å². The Kier molecular flexibility index (Phi) is 4.80. The molecule has 1 heteroatoms. The minimum atomic E-state index is -0.727. The van der Waals surface area contributed by atoms with E-state index in [2.05, 4.69) is 6.07 Å². The van der Waals surface area contributed by atoms with Crippen molar-refractivity contribution in [2.75, 3.05) is 4.90 Å². The molecular formula is C52H35N. The third-order valence-corrected chi connectivity index (χ3v) is 9.56. The maximum absolute atomic E-state index is 9.79. The highest BCUT2D eigenvalue weighted by molar-refractivity contribution is 6.14. The lowest BCUT2D eigenvalue weighted by molar-refractivity contribution is 1.30. The zero-order valence-corrected chi connectivity index (χ0v) is 28.1. The van der Waals surface area contributed by atoms with Gasteiger partial charge in [0.1, 0.15) is 0 Å². The number of benzene rings is 10. The van der Waals surface area contributed by atoms with Gasteiger partial charge in [0.25, 0.3) is 0 Å². The Morgan fingerprint density at radius 2 is 1.00 bits per heavy atom. The lowest BCUT2D eigenvalue weighted by atomic mass is 9.93. The van der Waals surface area contributed by atoms with E-state index in [0.29, 0.717) is 11.4 Å². The quantitative estimate of drug-likeness (QED) is 0.157. The first-order chi connectivity index (χ1) is 32.1. The molecule has 0 saturated heterocycles. The third kappa shape index (κ3) is 5.51. The average molecular weight is 688 g/mol. The van der Waals surface area contributed by atoms with E-state index in [1.807, 2.05) is 115 Å². The molecule has 0 saturated carbocycles. The fourth-order valence-electron chi connectivity index (χ4n) is 7.11. The maximum Gasteiger partial charge on any atom is 0.0645 e. The highest BCUT2D eigenvalue weighted by Crippen LogP contribution is 2.43. The summed E-state index contributed by atoms with van der Waals surface area (Å²) < 4.78 is 127. The van der Waals surface area contributed by atoms with Gasteiger partial charge in [-0.25, -0.2) is 0 Å². The van der Waals surface area contributed by atoms with Gasteiger partial charge in [-0.15, -0.1) is 0 Å². The maximum atomic E-state index is 9.79. The number of rotatable bonds is 6. The molecule has 10 aromatic carbocycles. The fourth-order valence-corrected chi connectivity index (χ4v) is 7.11. The van der Waals surface area contributed by atoms with Crippen LogP contribution in [0, 0.1) is 0 Å². The van der Waals surface area contributed by atoms with Crippen molar-refractivity contribution in [1.29, 1.82) is 0 Å². The van der Waals surface area contributed by atoms with Crippen molar-refractivity contribution in [2.45, 2.75) is 0 Å². The third-order valence-electron chi connectivity index (χ3n) is 9.56. The molecule has 0 radical (unpaired) electrons. The van der Waals surface area contributed by atoms with Crippen LogP contribution in [0.3, 0.4) is 0 Å². The lowest BCUT2D eigenvalue weighted by Gasteiger charge is -2.28. The predicted molar refractivity (Wildman–Crippen MR) is 227 cm³/mol. The van der Waals surface area contributed by atoms with Gasteiger partial charge in [0, 0.05) is 16.8 Å². The molecule has 0 aromatic heterocycles. The van der Waals surface area contributed by atoms with Crippen molar-refractivity contribution in [3.63, 3.8) is 0 Å². The molecule has 0 spiro atoms. The summed E-state index contributed by atoms with van der Waals surface area (Å²) in [5, 5.41) is 5.05. The Morgan fingerprint density at radius 1 is 0.340 bits per heavy atom. The Balaban J connectivity index is 1.28. The molecule has 0 aliphatic carbocycles. The van der Waals surface area contributed by atoms with E-state index < -0.39 is 101 Å². The van der Waals surface area contributed by atoms with E-state index in [4.69, 9.17) is 11.0 Å². The first-order valence-electron chi connectivity index (χ1n) is 24.1. The average Bonchev–Trinajstić information content (AvgIpc) is 3.34. The largest absolute Gasteiger partial charge is 0.310 e. The van der Waals surface area contributed by atoms with Gasteiger partial charge in [-0.2, -0.15) is 0 Å². The molecule has 0 heterocycles. The summed E-state index contributed by atoms with van der Waals surface area (Å²) in [6.07, 6.45) is 0. The molecule has 0 aliphatic heterocycles. The van der Waals surface area contributed by atoms with Crippen LogP contribution in [0.25, 0.3) is 76.5 Å². The molecule has 1 nitrogen and oxygen atoms in total. The zero-order valence-electron chi connectivity index (χ0n) is 42.1. The molecule has 0 N–H and O–H groups in total. The van der Waals surface area contributed by atoms with E-state index in [1.165, 1.54) is 0 Å². The van der Waals surface area contributed by atoms with Gasteiger partial charge in [0.15, 0.2) is 0 Å². The van der Waals surface area contributed by atoms with Gasteiger partial charge >= 0.3 is 0 Å². The molecule has 0 fully saturated rings. The van der Waals surface area contributed by atoms with Crippen molar-refractivity contribution < 1.29 is 19.2 Å². The van der Waals surface area contributed by atoms with Crippen molar-refractivity contribution in [3.05, 3.63) is 212 Å². The van der Waals surface area contributed by atoms with Crippen molar-refractivity contribution in [3.8, 4) is 33.4 Å². The summed E-state index contributed by atoms with van der Waals surface area (Å²) in [5.41, 5.74) is 0.930. The predicted octanol–water partition coefficient (Wildman–Crippen LogP) is 14.8. The van der Waals surface area contributed by atoms with Crippen LogP contribution in [0.5, 0.6) is 0 Å². The molecule has 0 amide bonds. The van der Waals surface area contributed by atoms with Crippen LogP contribution in [-0.4, -0.2) is 0 Å². The Hall–Kier alpha value is -6.96. The van der Waals surface area contributed by atoms with E-state index in [0.717, 1.165) is 49.5 Å². The van der Waals surface area contributed by atoms with Crippen LogP contribution in [0.15, 0.2) is 212 Å². The van der Waals surface area contributed by atoms with Gasteiger partial charge in [-0.1, -0.05) is 170 Å². The van der Waals surface area contributed by atoms with Crippen molar-refractivity contribution >= 4 is 60.2 Å². The van der Waals surface area contributed by atoms with E-state index in [1.54, 1.807) is 4.90 Å². The number of fused-ring (bicyclic) bond motifs is 5. The molecule has 0 bridgehead atoms. The normalized spacial score (nSPS) is 15.1. The van der Waals surface area contributed by atoms with Crippen LogP contribution in [0.4, 0.5) is 17.1 Å². The van der Waals surface area contributed by atoms with Crippen LogP contribution < -0.4 is 4.90 Å². The second-order valence-corrected chi connectivity index (χ2v) is 12.6. The summed E-state index contributed by atoms with van der Waals surface area (Å²) >= 11 is 0. The Labute approximate surface area is 329 Å².